The third kappa shape index (κ3) is 3.91. The molecule has 2 heterocycles. The molecule has 0 bridgehead atoms. The number of benzene rings is 1. The van der Waals surface area contributed by atoms with Gasteiger partial charge in [-0.05, 0) is 19.1 Å². The van der Waals surface area contributed by atoms with E-state index in [-0.39, 0.29) is 18.4 Å². The fraction of sp³-hybridized carbons (Fsp3) is 0.353. The number of fused-ring (bicyclic) bond motifs is 1. The molecule has 1 aromatic heterocycles. The number of amides is 2. The maximum Gasteiger partial charge on any atom is 0.260 e. The lowest BCUT2D eigenvalue weighted by molar-refractivity contribution is -0.134. The van der Waals surface area contributed by atoms with E-state index in [9.17, 15) is 9.59 Å². The Labute approximate surface area is 144 Å². The first-order valence-corrected chi connectivity index (χ1v) is 8.56. The third-order valence-corrected chi connectivity index (χ3v) is 4.75. The van der Waals surface area contributed by atoms with Gasteiger partial charge in [-0.15, -0.1) is 0 Å². The number of ether oxygens (including phenoxy) is 1. The number of hydrogen-bond donors (Lipinski definition) is 1. The molecule has 24 heavy (non-hydrogen) atoms. The van der Waals surface area contributed by atoms with E-state index in [0.29, 0.717) is 30.4 Å². The molecule has 7 heteroatoms. The van der Waals surface area contributed by atoms with Crippen LogP contribution < -0.4 is 10.1 Å². The summed E-state index contributed by atoms with van der Waals surface area (Å²) in [6.45, 7) is 4.62. The zero-order chi connectivity index (χ0) is 17.1. The lowest BCUT2D eigenvalue weighted by atomic mass is 10.2. The molecule has 1 aliphatic heterocycles. The molecule has 0 atom stereocenters. The third-order valence-electron chi connectivity index (χ3n) is 3.75. The zero-order valence-electron chi connectivity index (χ0n) is 13.7. The molecular weight excluding hydrogens is 326 g/mol. The highest BCUT2D eigenvalue weighted by atomic mass is 32.1. The normalized spacial score (nSPS) is 13.3. The Kier molecular flexibility index (Phi) is 4.80. The van der Waals surface area contributed by atoms with Gasteiger partial charge >= 0.3 is 0 Å². The summed E-state index contributed by atoms with van der Waals surface area (Å²) >= 11 is 1.42. The van der Waals surface area contributed by atoms with Gasteiger partial charge in [0.15, 0.2) is 11.7 Å². The van der Waals surface area contributed by atoms with E-state index in [0.717, 1.165) is 16.1 Å². The first-order chi connectivity index (χ1) is 11.5. The molecule has 0 fully saturated rings. The fourth-order valence-corrected chi connectivity index (χ4v) is 3.55. The van der Waals surface area contributed by atoms with Gasteiger partial charge in [-0.2, -0.15) is 0 Å². The minimum Gasteiger partial charge on any atom is -0.484 e. The maximum atomic E-state index is 12.3. The Morgan fingerprint density at radius 1 is 1.33 bits per heavy atom. The van der Waals surface area contributed by atoms with Gasteiger partial charge in [-0.25, -0.2) is 4.98 Å². The number of nitrogens with zero attached hydrogens (tertiary/aromatic N) is 2. The quantitative estimate of drug-likeness (QED) is 0.923. The standard InChI is InChI=1S/C17H19N3O3S/c1-11-3-5-13(6-4-11)23-10-16(22)20-8-7-14-15(9-20)24-17(19-14)18-12(2)21/h3-6H,7-10H2,1-2H3,(H,18,19,21). The number of aromatic nitrogens is 1. The summed E-state index contributed by atoms with van der Waals surface area (Å²) in [4.78, 5) is 30.7. The SMILES string of the molecule is CC(=O)Nc1nc2c(s1)CN(C(=O)COc1ccc(C)cc1)CC2. The molecule has 6 nitrogen and oxygen atoms in total. The largest absolute Gasteiger partial charge is 0.484 e. The van der Waals surface area contributed by atoms with Crippen molar-refractivity contribution in [3.63, 3.8) is 0 Å². The Balaban J connectivity index is 1.58. The molecule has 2 aromatic rings. The van der Waals surface area contributed by atoms with Gasteiger partial charge in [0.1, 0.15) is 5.75 Å². The van der Waals surface area contributed by atoms with Crippen molar-refractivity contribution in [3.05, 3.63) is 40.4 Å². The molecule has 1 N–H and O–H groups in total. The van der Waals surface area contributed by atoms with Crippen molar-refractivity contribution in [1.29, 1.82) is 0 Å². The molecular formula is C17H19N3O3S. The highest BCUT2D eigenvalue weighted by molar-refractivity contribution is 7.15. The Morgan fingerprint density at radius 2 is 2.08 bits per heavy atom. The van der Waals surface area contributed by atoms with E-state index < -0.39 is 0 Å². The van der Waals surface area contributed by atoms with Gasteiger partial charge in [-0.3, -0.25) is 9.59 Å². The molecule has 1 aliphatic rings. The van der Waals surface area contributed by atoms with Gasteiger partial charge in [-0.1, -0.05) is 29.0 Å². The lowest BCUT2D eigenvalue weighted by Gasteiger charge is -2.26. The van der Waals surface area contributed by atoms with Crippen LogP contribution in [-0.2, 0) is 22.6 Å². The van der Waals surface area contributed by atoms with Crippen molar-refractivity contribution in [2.45, 2.75) is 26.8 Å². The van der Waals surface area contributed by atoms with Gasteiger partial charge in [0.25, 0.3) is 5.91 Å². The van der Waals surface area contributed by atoms with E-state index in [1.807, 2.05) is 31.2 Å². The second kappa shape index (κ2) is 7.00. The lowest BCUT2D eigenvalue weighted by Crippen LogP contribution is -2.38. The molecule has 0 aliphatic carbocycles. The predicted molar refractivity (Wildman–Crippen MR) is 92.2 cm³/mol. The molecule has 1 aromatic carbocycles. The van der Waals surface area contributed by atoms with E-state index in [2.05, 4.69) is 10.3 Å². The van der Waals surface area contributed by atoms with Crippen molar-refractivity contribution in [1.82, 2.24) is 9.88 Å². The number of rotatable bonds is 4. The minimum atomic E-state index is -0.138. The van der Waals surface area contributed by atoms with Crippen LogP contribution in [-0.4, -0.2) is 34.8 Å². The Hall–Kier alpha value is -2.41. The van der Waals surface area contributed by atoms with Crippen LogP contribution in [0.3, 0.4) is 0 Å². The van der Waals surface area contributed by atoms with Crippen LogP contribution in [0.15, 0.2) is 24.3 Å². The van der Waals surface area contributed by atoms with Crippen LogP contribution in [0.1, 0.15) is 23.1 Å². The molecule has 0 spiro atoms. The average Bonchev–Trinajstić information content (AvgIpc) is 2.94. The van der Waals surface area contributed by atoms with Crippen LogP contribution in [0, 0.1) is 6.92 Å². The van der Waals surface area contributed by atoms with Crippen LogP contribution in [0.4, 0.5) is 5.13 Å². The average molecular weight is 345 g/mol. The summed E-state index contributed by atoms with van der Waals surface area (Å²) in [5, 5.41) is 3.29. The molecule has 0 saturated carbocycles. The van der Waals surface area contributed by atoms with Gasteiger partial charge < -0.3 is 15.0 Å². The van der Waals surface area contributed by atoms with Crippen LogP contribution >= 0.6 is 11.3 Å². The number of carbonyl (C=O) groups is 2. The number of thiazole rings is 1. The highest BCUT2D eigenvalue weighted by Gasteiger charge is 2.24. The van der Waals surface area contributed by atoms with Crippen molar-refractivity contribution in [2.24, 2.45) is 0 Å². The van der Waals surface area contributed by atoms with Crippen molar-refractivity contribution in [2.75, 3.05) is 18.5 Å². The zero-order valence-corrected chi connectivity index (χ0v) is 14.5. The molecule has 126 valence electrons. The number of hydrogen-bond acceptors (Lipinski definition) is 5. The van der Waals surface area contributed by atoms with Crippen molar-refractivity contribution < 1.29 is 14.3 Å². The van der Waals surface area contributed by atoms with Crippen LogP contribution in [0.2, 0.25) is 0 Å². The molecule has 0 saturated heterocycles. The number of nitrogens with one attached hydrogen (secondary N) is 1. The summed E-state index contributed by atoms with van der Waals surface area (Å²) in [6.07, 6.45) is 0.696. The minimum absolute atomic E-state index is 0.0236. The van der Waals surface area contributed by atoms with Crippen molar-refractivity contribution >= 4 is 28.3 Å². The molecule has 0 radical (unpaired) electrons. The second-order valence-corrected chi connectivity index (χ2v) is 6.82. The Bertz CT molecular complexity index is 755. The maximum absolute atomic E-state index is 12.3. The summed E-state index contributed by atoms with van der Waals surface area (Å²) in [5.41, 5.74) is 2.12. The van der Waals surface area contributed by atoms with Crippen LogP contribution in [0.5, 0.6) is 5.75 Å². The smallest absolute Gasteiger partial charge is 0.260 e. The van der Waals surface area contributed by atoms with Gasteiger partial charge in [0.05, 0.1) is 12.2 Å². The van der Waals surface area contributed by atoms with Gasteiger partial charge in [0.2, 0.25) is 5.91 Å². The van der Waals surface area contributed by atoms with Crippen molar-refractivity contribution in [3.8, 4) is 5.75 Å². The summed E-state index contributed by atoms with van der Waals surface area (Å²) in [7, 11) is 0. The monoisotopic (exact) mass is 345 g/mol. The molecule has 0 unspecified atom stereocenters. The van der Waals surface area contributed by atoms with Gasteiger partial charge in [0, 0.05) is 24.8 Å². The first-order valence-electron chi connectivity index (χ1n) is 7.74. The van der Waals surface area contributed by atoms with Crippen LogP contribution in [0.25, 0.3) is 0 Å². The topological polar surface area (TPSA) is 71.5 Å². The summed E-state index contributed by atoms with van der Waals surface area (Å²) < 4.78 is 5.56. The van der Waals surface area contributed by atoms with E-state index in [1.54, 1.807) is 4.90 Å². The Morgan fingerprint density at radius 3 is 2.79 bits per heavy atom. The molecule has 3 rings (SSSR count). The first kappa shape index (κ1) is 16.4. The molecule has 2 amide bonds. The van der Waals surface area contributed by atoms with E-state index in [4.69, 9.17) is 4.74 Å². The number of carbonyl (C=O) groups excluding carboxylic acids is 2. The van der Waals surface area contributed by atoms with E-state index in [1.165, 1.54) is 18.3 Å². The highest BCUT2D eigenvalue weighted by Crippen LogP contribution is 2.28. The van der Waals surface area contributed by atoms with E-state index >= 15 is 0 Å². The fourth-order valence-electron chi connectivity index (χ4n) is 2.48. The summed E-state index contributed by atoms with van der Waals surface area (Å²) in [5.74, 6) is 0.508. The summed E-state index contributed by atoms with van der Waals surface area (Å²) in [6, 6.07) is 7.63. The second-order valence-electron chi connectivity index (χ2n) is 5.74. The number of aryl methyl sites for hydroxylation is 1. The number of anilines is 1. The predicted octanol–water partition coefficient (Wildman–Crippen LogP) is 2.37.